The van der Waals surface area contributed by atoms with Gasteiger partial charge < -0.3 is 5.32 Å². The fourth-order valence-electron chi connectivity index (χ4n) is 3.01. The van der Waals surface area contributed by atoms with Gasteiger partial charge in [0.15, 0.2) is 0 Å². The van der Waals surface area contributed by atoms with Crippen LogP contribution in [0.15, 0.2) is 24.3 Å². The number of sulfonamides is 1. The number of rotatable bonds is 8. The van der Waals surface area contributed by atoms with Crippen molar-refractivity contribution in [3.63, 3.8) is 0 Å². The average molecular weight is 322 g/mol. The topological polar surface area (TPSA) is 58.2 Å². The SMILES string of the molecule is Cc1ccccc1CC1(NC(C)CNS(=O)(=O)C2CC2)CC1. The summed E-state index contributed by atoms with van der Waals surface area (Å²) in [7, 11) is -3.07. The molecule has 0 amide bonds. The number of hydrogen-bond acceptors (Lipinski definition) is 3. The minimum absolute atomic E-state index is 0.137. The van der Waals surface area contributed by atoms with Crippen LogP contribution in [-0.2, 0) is 16.4 Å². The third-order valence-corrected chi connectivity index (χ3v) is 6.67. The van der Waals surface area contributed by atoms with E-state index in [9.17, 15) is 8.42 Å². The minimum atomic E-state index is -3.07. The van der Waals surface area contributed by atoms with Gasteiger partial charge >= 0.3 is 0 Å². The van der Waals surface area contributed by atoms with E-state index in [-0.39, 0.29) is 16.8 Å². The normalized spacial score (nSPS) is 21.5. The molecule has 5 heteroatoms. The molecular weight excluding hydrogens is 296 g/mol. The minimum Gasteiger partial charge on any atom is -0.307 e. The van der Waals surface area contributed by atoms with Crippen molar-refractivity contribution in [1.82, 2.24) is 10.0 Å². The molecule has 2 N–H and O–H groups in total. The highest BCUT2D eigenvalue weighted by atomic mass is 32.2. The molecule has 1 unspecified atom stereocenters. The second-order valence-electron chi connectivity index (χ2n) is 7.02. The van der Waals surface area contributed by atoms with Gasteiger partial charge in [-0.1, -0.05) is 24.3 Å². The molecule has 0 aromatic heterocycles. The Balaban J connectivity index is 1.52. The van der Waals surface area contributed by atoms with Crippen molar-refractivity contribution in [2.45, 2.75) is 62.8 Å². The van der Waals surface area contributed by atoms with Crippen molar-refractivity contribution < 1.29 is 8.42 Å². The van der Waals surface area contributed by atoms with E-state index in [1.807, 2.05) is 0 Å². The molecule has 2 aliphatic carbocycles. The summed E-state index contributed by atoms with van der Waals surface area (Å²) in [5.41, 5.74) is 2.88. The Morgan fingerprint density at radius 1 is 1.27 bits per heavy atom. The first-order valence-corrected chi connectivity index (χ1v) is 9.76. The van der Waals surface area contributed by atoms with E-state index in [1.165, 1.54) is 24.0 Å². The van der Waals surface area contributed by atoms with E-state index in [4.69, 9.17) is 0 Å². The van der Waals surface area contributed by atoms with Gasteiger partial charge in [-0.3, -0.25) is 0 Å². The summed E-state index contributed by atoms with van der Waals surface area (Å²) in [5, 5.41) is 3.51. The van der Waals surface area contributed by atoms with Gasteiger partial charge in [0.2, 0.25) is 10.0 Å². The van der Waals surface area contributed by atoms with E-state index in [0.29, 0.717) is 6.54 Å². The molecule has 1 atom stereocenters. The summed E-state index contributed by atoms with van der Waals surface area (Å²) in [4.78, 5) is 0. The Morgan fingerprint density at radius 3 is 2.55 bits per heavy atom. The van der Waals surface area contributed by atoms with Crippen molar-refractivity contribution in [2.75, 3.05) is 6.54 Å². The lowest BCUT2D eigenvalue weighted by Gasteiger charge is -2.24. The Kier molecular flexibility index (Phi) is 4.32. The molecule has 0 radical (unpaired) electrons. The maximum atomic E-state index is 11.9. The predicted molar refractivity (Wildman–Crippen MR) is 89.4 cm³/mol. The molecule has 2 fully saturated rings. The standard InChI is InChI=1S/C17H26N2O2S/c1-13-5-3-4-6-15(13)11-17(9-10-17)19-14(2)12-18-22(20,21)16-7-8-16/h3-6,14,16,18-19H,7-12H2,1-2H3. The molecule has 2 aliphatic rings. The third kappa shape index (κ3) is 3.89. The van der Waals surface area contributed by atoms with Crippen molar-refractivity contribution in [3.8, 4) is 0 Å². The quantitative estimate of drug-likeness (QED) is 0.771. The fraction of sp³-hybridized carbons (Fsp3) is 0.647. The Morgan fingerprint density at radius 2 is 1.95 bits per heavy atom. The molecule has 0 bridgehead atoms. The van der Waals surface area contributed by atoms with Crippen LogP contribution in [0.5, 0.6) is 0 Å². The van der Waals surface area contributed by atoms with Crippen LogP contribution >= 0.6 is 0 Å². The first-order chi connectivity index (χ1) is 10.4. The number of benzene rings is 1. The zero-order valence-corrected chi connectivity index (χ0v) is 14.2. The Hall–Kier alpha value is -0.910. The first-order valence-electron chi connectivity index (χ1n) is 8.21. The van der Waals surface area contributed by atoms with Crippen LogP contribution in [0.4, 0.5) is 0 Å². The third-order valence-electron chi connectivity index (χ3n) is 4.75. The van der Waals surface area contributed by atoms with Crippen LogP contribution < -0.4 is 10.0 Å². The lowest BCUT2D eigenvalue weighted by Crippen LogP contribution is -2.46. The molecule has 0 saturated heterocycles. The predicted octanol–water partition coefficient (Wildman–Crippen LogP) is 2.13. The molecule has 1 aromatic rings. The number of hydrogen-bond donors (Lipinski definition) is 2. The van der Waals surface area contributed by atoms with Gasteiger partial charge in [0.05, 0.1) is 5.25 Å². The van der Waals surface area contributed by atoms with E-state index < -0.39 is 10.0 Å². The van der Waals surface area contributed by atoms with Gasteiger partial charge in [-0.05, 0) is 57.1 Å². The summed E-state index contributed by atoms with van der Waals surface area (Å²) in [6.07, 6.45) is 4.99. The van der Waals surface area contributed by atoms with Gasteiger partial charge in [0.25, 0.3) is 0 Å². The smallest absolute Gasteiger partial charge is 0.214 e. The maximum Gasteiger partial charge on any atom is 0.214 e. The van der Waals surface area contributed by atoms with E-state index in [1.54, 1.807) is 0 Å². The molecule has 0 aliphatic heterocycles. The number of aryl methyl sites for hydroxylation is 1. The van der Waals surface area contributed by atoms with Gasteiger partial charge in [-0.2, -0.15) is 0 Å². The van der Waals surface area contributed by atoms with Crippen molar-refractivity contribution >= 4 is 10.0 Å². The summed E-state index contributed by atoms with van der Waals surface area (Å²) in [6, 6.07) is 8.66. The summed E-state index contributed by atoms with van der Waals surface area (Å²) < 4.78 is 26.5. The Bertz CT molecular complexity index is 634. The van der Waals surface area contributed by atoms with Crippen LogP contribution in [0.25, 0.3) is 0 Å². The van der Waals surface area contributed by atoms with Crippen LogP contribution in [0.1, 0.15) is 43.7 Å². The average Bonchev–Trinajstić information content (AvgIpc) is 3.34. The number of nitrogens with one attached hydrogen (secondary N) is 2. The highest BCUT2D eigenvalue weighted by molar-refractivity contribution is 7.90. The second kappa shape index (κ2) is 5.95. The van der Waals surface area contributed by atoms with E-state index in [2.05, 4.69) is 48.2 Å². The molecule has 3 rings (SSSR count). The Labute approximate surface area is 133 Å². The fourth-order valence-corrected chi connectivity index (χ4v) is 4.48. The lowest BCUT2D eigenvalue weighted by atomic mass is 9.99. The van der Waals surface area contributed by atoms with Crippen LogP contribution in [-0.4, -0.2) is 31.8 Å². The molecule has 122 valence electrons. The molecule has 2 saturated carbocycles. The van der Waals surface area contributed by atoms with Gasteiger partial charge in [-0.25, -0.2) is 13.1 Å². The maximum absolute atomic E-state index is 11.9. The summed E-state index contributed by atoms with van der Waals surface area (Å²) in [5.74, 6) is 0. The van der Waals surface area contributed by atoms with Crippen molar-refractivity contribution in [1.29, 1.82) is 0 Å². The highest BCUT2D eigenvalue weighted by Gasteiger charge is 2.43. The summed E-state index contributed by atoms with van der Waals surface area (Å²) >= 11 is 0. The van der Waals surface area contributed by atoms with Gasteiger partial charge in [0, 0.05) is 18.1 Å². The molecule has 4 nitrogen and oxygen atoms in total. The van der Waals surface area contributed by atoms with Crippen LogP contribution in [0.3, 0.4) is 0 Å². The zero-order chi connectivity index (χ0) is 15.8. The van der Waals surface area contributed by atoms with E-state index in [0.717, 1.165) is 19.3 Å². The molecule has 0 spiro atoms. The lowest BCUT2D eigenvalue weighted by molar-refractivity contribution is 0.421. The van der Waals surface area contributed by atoms with Crippen LogP contribution in [0, 0.1) is 6.92 Å². The second-order valence-corrected chi connectivity index (χ2v) is 9.07. The van der Waals surface area contributed by atoms with Gasteiger partial charge in [0.1, 0.15) is 0 Å². The molecule has 0 heterocycles. The monoisotopic (exact) mass is 322 g/mol. The molecule has 1 aromatic carbocycles. The van der Waals surface area contributed by atoms with Crippen molar-refractivity contribution in [2.24, 2.45) is 0 Å². The summed E-state index contributed by atoms with van der Waals surface area (Å²) in [6.45, 7) is 4.69. The zero-order valence-electron chi connectivity index (χ0n) is 13.4. The van der Waals surface area contributed by atoms with Crippen molar-refractivity contribution in [3.05, 3.63) is 35.4 Å². The molecular formula is C17H26N2O2S. The highest BCUT2D eigenvalue weighted by Crippen LogP contribution is 2.39. The van der Waals surface area contributed by atoms with E-state index >= 15 is 0 Å². The molecule has 22 heavy (non-hydrogen) atoms. The van der Waals surface area contributed by atoms with Crippen LogP contribution in [0.2, 0.25) is 0 Å². The largest absolute Gasteiger partial charge is 0.307 e. The first kappa shape index (κ1) is 16.0. The van der Waals surface area contributed by atoms with Gasteiger partial charge in [-0.15, -0.1) is 0 Å².